The molecule has 0 atom stereocenters. The zero-order chi connectivity index (χ0) is 26.9. The van der Waals surface area contributed by atoms with Gasteiger partial charge in [-0.3, -0.25) is 4.79 Å². The maximum atomic E-state index is 13.2. The van der Waals surface area contributed by atoms with Crippen LogP contribution in [0.25, 0.3) is 11.1 Å². The van der Waals surface area contributed by atoms with Crippen molar-refractivity contribution in [2.75, 3.05) is 32.6 Å². The normalized spacial score (nSPS) is 12.0. The molecule has 4 rings (SSSR count). The molecule has 0 saturated carbocycles. The maximum Gasteiger partial charge on any atom is 0.410 e. The number of nitrogens with one attached hydrogen (secondary N) is 1. The molecule has 6 nitrogen and oxygen atoms in total. The summed E-state index contributed by atoms with van der Waals surface area (Å²) in [7, 11) is 1.65. The van der Waals surface area contributed by atoms with Crippen LogP contribution in [0.4, 0.5) is 4.79 Å². The summed E-state index contributed by atoms with van der Waals surface area (Å²) in [6.45, 7) is 5.80. The molecule has 1 N–H and O–H groups in total. The van der Waals surface area contributed by atoms with E-state index in [1.807, 2.05) is 56.3 Å². The van der Waals surface area contributed by atoms with Crippen molar-refractivity contribution in [3.63, 3.8) is 0 Å². The molecule has 2 amide bonds. The first kappa shape index (κ1) is 27.6. The van der Waals surface area contributed by atoms with Crippen LogP contribution in [-0.2, 0) is 16.1 Å². The minimum absolute atomic E-state index is 0.0297. The fourth-order valence-corrected chi connectivity index (χ4v) is 5.85. The van der Waals surface area contributed by atoms with E-state index >= 15 is 0 Å². The van der Waals surface area contributed by atoms with Gasteiger partial charge in [0.25, 0.3) is 0 Å². The Kier molecular flexibility index (Phi) is 9.71. The number of hydrogen-bond acceptors (Lipinski definition) is 5. The second-order valence-corrected chi connectivity index (χ2v) is 10.3. The number of nitrogens with zero attached hydrogens (tertiary/aromatic N) is 1. The SMILES string of the molecule is CCNC(=O)CCCSc1cc(OC)ccc1CN(CC)C(=O)OCC1c2ccccc2-c2ccccc21. The van der Waals surface area contributed by atoms with Crippen molar-refractivity contribution in [2.45, 2.75) is 44.0 Å². The number of fused-ring (bicyclic) bond motifs is 3. The van der Waals surface area contributed by atoms with Crippen molar-refractivity contribution in [1.29, 1.82) is 0 Å². The van der Waals surface area contributed by atoms with E-state index in [2.05, 4.69) is 29.6 Å². The third-order valence-corrected chi connectivity index (χ3v) is 7.98. The van der Waals surface area contributed by atoms with Crippen molar-refractivity contribution in [2.24, 2.45) is 0 Å². The summed E-state index contributed by atoms with van der Waals surface area (Å²) >= 11 is 1.68. The van der Waals surface area contributed by atoms with Gasteiger partial charge in [-0.1, -0.05) is 54.6 Å². The number of carbonyl (C=O) groups excluding carboxylic acids is 2. The van der Waals surface area contributed by atoms with Crippen molar-refractivity contribution in [3.05, 3.63) is 83.4 Å². The summed E-state index contributed by atoms with van der Waals surface area (Å²) in [4.78, 5) is 27.8. The molecule has 0 fully saturated rings. The lowest BCUT2D eigenvalue weighted by molar-refractivity contribution is -0.120. The molecule has 0 heterocycles. The first-order chi connectivity index (χ1) is 18.5. The Hall–Kier alpha value is -3.45. The number of methoxy groups -OCH3 is 1. The Morgan fingerprint density at radius 2 is 1.66 bits per heavy atom. The Balaban J connectivity index is 1.41. The largest absolute Gasteiger partial charge is 0.497 e. The van der Waals surface area contributed by atoms with Gasteiger partial charge in [-0.25, -0.2) is 4.79 Å². The zero-order valence-corrected chi connectivity index (χ0v) is 23.2. The van der Waals surface area contributed by atoms with Crippen LogP contribution >= 0.6 is 11.8 Å². The summed E-state index contributed by atoms with van der Waals surface area (Å²) in [5.41, 5.74) is 5.85. The van der Waals surface area contributed by atoms with Crippen LogP contribution < -0.4 is 10.1 Å². The highest BCUT2D eigenvalue weighted by Crippen LogP contribution is 2.44. The van der Waals surface area contributed by atoms with Gasteiger partial charge >= 0.3 is 6.09 Å². The van der Waals surface area contributed by atoms with Crippen molar-refractivity contribution >= 4 is 23.8 Å². The van der Waals surface area contributed by atoms with E-state index in [4.69, 9.17) is 9.47 Å². The van der Waals surface area contributed by atoms with Crippen LogP contribution in [0.5, 0.6) is 5.75 Å². The lowest BCUT2D eigenvalue weighted by Crippen LogP contribution is -2.32. The molecule has 0 radical (unpaired) electrons. The van der Waals surface area contributed by atoms with Gasteiger partial charge in [0, 0.05) is 30.3 Å². The number of rotatable bonds is 12. The van der Waals surface area contributed by atoms with E-state index in [0.717, 1.165) is 28.4 Å². The minimum atomic E-state index is -0.322. The maximum absolute atomic E-state index is 13.2. The monoisotopic (exact) mass is 532 g/mol. The second-order valence-electron chi connectivity index (χ2n) is 9.20. The summed E-state index contributed by atoms with van der Waals surface area (Å²) in [6, 6.07) is 22.6. The molecule has 3 aromatic carbocycles. The predicted molar refractivity (Wildman–Crippen MR) is 153 cm³/mol. The van der Waals surface area contributed by atoms with Crippen LogP contribution in [0.3, 0.4) is 0 Å². The Morgan fingerprint density at radius 3 is 2.29 bits per heavy atom. The molecule has 200 valence electrons. The molecule has 0 saturated heterocycles. The van der Waals surface area contributed by atoms with E-state index in [9.17, 15) is 9.59 Å². The van der Waals surface area contributed by atoms with Crippen LogP contribution in [0.15, 0.2) is 71.6 Å². The summed E-state index contributed by atoms with van der Waals surface area (Å²) in [5, 5.41) is 2.84. The Morgan fingerprint density at radius 1 is 0.974 bits per heavy atom. The smallest absolute Gasteiger partial charge is 0.410 e. The van der Waals surface area contributed by atoms with E-state index in [1.54, 1.807) is 23.8 Å². The lowest BCUT2D eigenvalue weighted by atomic mass is 9.98. The van der Waals surface area contributed by atoms with E-state index in [0.29, 0.717) is 32.7 Å². The molecule has 0 bridgehead atoms. The van der Waals surface area contributed by atoms with Gasteiger partial charge < -0.3 is 19.7 Å². The highest BCUT2D eigenvalue weighted by molar-refractivity contribution is 7.99. The quantitative estimate of drug-likeness (QED) is 0.214. The predicted octanol–water partition coefficient (Wildman–Crippen LogP) is 6.47. The van der Waals surface area contributed by atoms with E-state index in [-0.39, 0.29) is 17.9 Å². The molecular formula is C31H36N2O4S. The minimum Gasteiger partial charge on any atom is -0.497 e. The number of hydrogen-bond donors (Lipinski definition) is 1. The van der Waals surface area contributed by atoms with Crippen LogP contribution in [0.1, 0.15) is 49.3 Å². The zero-order valence-electron chi connectivity index (χ0n) is 22.4. The number of thioether (sulfide) groups is 1. The Labute approximate surface area is 229 Å². The van der Waals surface area contributed by atoms with E-state index < -0.39 is 0 Å². The van der Waals surface area contributed by atoms with Gasteiger partial charge in [-0.05, 0) is 66.0 Å². The summed E-state index contributed by atoms with van der Waals surface area (Å²) in [6.07, 6.45) is 0.954. The number of ether oxygens (including phenoxy) is 2. The lowest BCUT2D eigenvalue weighted by Gasteiger charge is -2.23. The van der Waals surface area contributed by atoms with Crippen LogP contribution in [0, 0.1) is 0 Å². The van der Waals surface area contributed by atoms with Gasteiger partial charge in [0.05, 0.1) is 13.7 Å². The molecule has 3 aromatic rings. The van der Waals surface area contributed by atoms with Gasteiger partial charge in [0.1, 0.15) is 12.4 Å². The molecule has 1 aliphatic carbocycles. The molecule has 1 aliphatic rings. The third-order valence-electron chi connectivity index (χ3n) is 6.79. The van der Waals surface area contributed by atoms with Crippen molar-refractivity contribution in [1.82, 2.24) is 10.2 Å². The van der Waals surface area contributed by atoms with Crippen LogP contribution in [-0.4, -0.2) is 49.5 Å². The third kappa shape index (κ3) is 6.51. The summed E-state index contributed by atoms with van der Waals surface area (Å²) < 4.78 is 11.3. The van der Waals surface area contributed by atoms with Gasteiger partial charge in [-0.2, -0.15) is 0 Å². The molecule has 0 unspecified atom stereocenters. The molecule has 0 aliphatic heterocycles. The number of carbonyl (C=O) groups is 2. The van der Waals surface area contributed by atoms with Crippen LogP contribution in [0.2, 0.25) is 0 Å². The topological polar surface area (TPSA) is 67.9 Å². The van der Waals surface area contributed by atoms with Gasteiger partial charge in [-0.15, -0.1) is 11.8 Å². The number of amides is 2. The average molecular weight is 533 g/mol. The molecule has 38 heavy (non-hydrogen) atoms. The molecule has 0 aromatic heterocycles. The first-order valence-electron chi connectivity index (χ1n) is 13.2. The van der Waals surface area contributed by atoms with E-state index in [1.165, 1.54) is 22.3 Å². The molecular weight excluding hydrogens is 496 g/mol. The van der Waals surface area contributed by atoms with Gasteiger partial charge in [0.15, 0.2) is 0 Å². The molecule has 0 spiro atoms. The molecule has 7 heteroatoms. The highest BCUT2D eigenvalue weighted by Gasteiger charge is 2.29. The number of benzene rings is 3. The average Bonchev–Trinajstić information content (AvgIpc) is 3.27. The highest BCUT2D eigenvalue weighted by atomic mass is 32.2. The summed E-state index contributed by atoms with van der Waals surface area (Å²) in [5.74, 6) is 1.67. The fraction of sp³-hybridized carbons (Fsp3) is 0.355. The van der Waals surface area contributed by atoms with Crippen molar-refractivity contribution in [3.8, 4) is 16.9 Å². The Bertz CT molecular complexity index is 1220. The second kappa shape index (κ2) is 13.4. The van der Waals surface area contributed by atoms with Crippen molar-refractivity contribution < 1.29 is 19.1 Å². The first-order valence-corrected chi connectivity index (χ1v) is 14.2. The fourth-order valence-electron chi connectivity index (χ4n) is 4.82. The standard InChI is InChI=1S/C31H36N2O4S/c1-4-32-30(34)15-10-18-38-29-19-23(36-3)17-16-22(29)20-33(5-2)31(35)37-21-28-26-13-8-6-11-24(26)25-12-7-9-14-27(25)28/h6-9,11-14,16-17,19,28H,4-5,10,15,18,20-21H2,1-3H3,(H,32,34). The van der Waals surface area contributed by atoms with Gasteiger partial charge in [0.2, 0.25) is 5.91 Å².